The molecule has 0 atom stereocenters. The summed E-state index contributed by atoms with van der Waals surface area (Å²) in [7, 11) is 0. The van der Waals surface area contributed by atoms with Crippen LogP contribution in [0.1, 0.15) is 55.4 Å². The smallest absolute Gasteiger partial charge is 0.143 e. The standard InChI is InChI=1S/C27H28BrN3S2/c1-27(2,3)17-8-12-19(13-9-17)29-25-24-21-6-4-5-7-22(21)33-26(24)31-23(30-25)16-32-20-14-10-18(28)11-15-20/h8-15H,4-7,16H2,1-3H3,(H,29,30,31). The first-order valence-electron chi connectivity index (χ1n) is 11.4. The average Bonchev–Trinajstić information content (AvgIpc) is 3.17. The highest BCUT2D eigenvalue weighted by molar-refractivity contribution is 9.10. The molecule has 2 aromatic carbocycles. The number of aromatic nitrogens is 2. The molecule has 0 spiro atoms. The molecule has 0 unspecified atom stereocenters. The van der Waals surface area contributed by atoms with E-state index < -0.39 is 0 Å². The quantitative estimate of drug-likeness (QED) is 0.258. The second-order valence-corrected chi connectivity index (χ2v) is 12.6. The van der Waals surface area contributed by atoms with Crippen LogP contribution >= 0.6 is 39.0 Å². The molecule has 0 fully saturated rings. The first-order valence-corrected chi connectivity index (χ1v) is 14.0. The van der Waals surface area contributed by atoms with Crippen molar-refractivity contribution in [2.75, 3.05) is 5.32 Å². The van der Waals surface area contributed by atoms with Gasteiger partial charge in [-0.1, -0.05) is 48.8 Å². The number of hydrogen-bond donors (Lipinski definition) is 1. The summed E-state index contributed by atoms with van der Waals surface area (Å²) < 4.78 is 1.10. The predicted octanol–water partition coefficient (Wildman–Crippen LogP) is 8.67. The summed E-state index contributed by atoms with van der Waals surface area (Å²) in [5.74, 6) is 2.58. The van der Waals surface area contributed by atoms with Crippen LogP contribution in [0.4, 0.5) is 11.5 Å². The Bertz CT molecular complexity index is 1270. The van der Waals surface area contributed by atoms with Gasteiger partial charge in [0, 0.05) is 19.9 Å². The van der Waals surface area contributed by atoms with Crippen molar-refractivity contribution in [3.63, 3.8) is 0 Å². The van der Waals surface area contributed by atoms with E-state index >= 15 is 0 Å². The minimum absolute atomic E-state index is 0.143. The molecule has 1 aliphatic rings. The third-order valence-corrected chi connectivity index (χ3v) is 8.78. The lowest BCUT2D eigenvalue weighted by Gasteiger charge is -2.19. The molecule has 4 aromatic rings. The van der Waals surface area contributed by atoms with Crippen molar-refractivity contribution < 1.29 is 0 Å². The number of nitrogens with zero attached hydrogens (tertiary/aromatic N) is 2. The summed E-state index contributed by atoms with van der Waals surface area (Å²) in [4.78, 5) is 13.9. The molecule has 33 heavy (non-hydrogen) atoms. The highest BCUT2D eigenvalue weighted by Crippen LogP contribution is 2.40. The number of rotatable bonds is 5. The Balaban J connectivity index is 1.49. The van der Waals surface area contributed by atoms with Crippen LogP contribution in [0.15, 0.2) is 57.9 Å². The van der Waals surface area contributed by atoms with Crippen LogP contribution in [0, 0.1) is 0 Å². The van der Waals surface area contributed by atoms with Crippen LogP contribution in [-0.2, 0) is 24.0 Å². The summed E-state index contributed by atoms with van der Waals surface area (Å²) in [5, 5.41) is 4.88. The topological polar surface area (TPSA) is 37.8 Å². The Hall–Kier alpha value is -1.89. The van der Waals surface area contributed by atoms with Crippen molar-refractivity contribution in [3.8, 4) is 0 Å². The van der Waals surface area contributed by atoms with E-state index in [-0.39, 0.29) is 5.41 Å². The number of anilines is 2. The van der Waals surface area contributed by atoms with Crippen molar-refractivity contribution in [1.29, 1.82) is 0 Å². The van der Waals surface area contributed by atoms with E-state index in [0.717, 1.165) is 38.8 Å². The van der Waals surface area contributed by atoms with Gasteiger partial charge in [-0.3, -0.25) is 0 Å². The van der Waals surface area contributed by atoms with Gasteiger partial charge in [0.25, 0.3) is 0 Å². The SMILES string of the molecule is CC(C)(C)c1ccc(Nc2nc(CSc3ccc(Br)cc3)nc3sc4c(c23)CCCC4)cc1. The van der Waals surface area contributed by atoms with Crippen LogP contribution < -0.4 is 5.32 Å². The van der Waals surface area contributed by atoms with Gasteiger partial charge < -0.3 is 5.32 Å². The molecule has 0 amide bonds. The molecule has 0 aliphatic heterocycles. The Kier molecular flexibility index (Phi) is 6.51. The van der Waals surface area contributed by atoms with E-state index in [1.165, 1.54) is 45.5 Å². The van der Waals surface area contributed by atoms with Gasteiger partial charge >= 0.3 is 0 Å². The summed E-state index contributed by atoms with van der Waals surface area (Å²) in [6, 6.07) is 17.2. The first-order chi connectivity index (χ1) is 15.9. The highest BCUT2D eigenvalue weighted by atomic mass is 79.9. The van der Waals surface area contributed by atoms with Crippen LogP contribution in [0.25, 0.3) is 10.2 Å². The Morgan fingerprint density at radius 3 is 2.42 bits per heavy atom. The molecular weight excluding hydrogens is 510 g/mol. The number of aryl methyl sites for hydroxylation is 2. The molecule has 1 aliphatic carbocycles. The monoisotopic (exact) mass is 537 g/mol. The summed E-state index contributed by atoms with van der Waals surface area (Å²) in [6.07, 6.45) is 4.82. The van der Waals surface area contributed by atoms with E-state index in [1.54, 1.807) is 11.8 Å². The van der Waals surface area contributed by atoms with Gasteiger partial charge in [-0.15, -0.1) is 23.1 Å². The number of halogens is 1. The molecule has 6 heteroatoms. The molecule has 0 saturated heterocycles. The van der Waals surface area contributed by atoms with Crippen molar-refractivity contribution in [1.82, 2.24) is 9.97 Å². The molecular formula is C27H28BrN3S2. The van der Waals surface area contributed by atoms with E-state index in [0.29, 0.717) is 0 Å². The lowest BCUT2D eigenvalue weighted by molar-refractivity contribution is 0.590. The number of thiophene rings is 1. The second-order valence-electron chi connectivity index (χ2n) is 9.57. The van der Waals surface area contributed by atoms with Crippen molar-refractivity contribution in [3.05, 3.63) is 74.8 Å². The van der Waals surface area contributed by atoms with Crippen LogP contribution in [0.5, 0.6) is 0 Å². The molecule has 170 valence electrons. The van der Waals surface area contributed by atoms with Gasteiger partial charge in [-0.05, 0) is 78.6 Å². The lowest BCUT2D eigenvalue weighted by Crippen LogP contribution is -2.10. The van der Waals surface area contributed by atoms with Crippen LogP contribution in [-0.4, -0.2) is 9.97 Å². The molecule has 2 aromatic heterocycles. The maximum Gasteiger partial charge on any atom is 0.143 e. The van der Waals surface area contributed by atoms with E-state index in [4.69, 9.17) is 9.97 Å². The van der Waals surface area contributed by atoms with Gasteiger partial charge in [0.05, 0.1) is 11.1 Å². The number of benzene rings is 2. The number of hydrogen-bond acceptors (Lipinski definition) is 5. The zero-order valence-corrected chi connectivity index (χ0v) is 22.5. The molecule has 1 N–H and O–H groups in total. The lowest BCUT2D eigenvalue weighted by atomic mass is 9.87. The maximum absolute atomic E-state index is 5.03. The molecule has 5 rings (SSSR count). The molecule has 0 bridgehead atoms. The van der Waals surface area contributed by atoms with Gasteiger partial charge in [-0.25, -0.2) is 9.97 Å². The average molecular weight is 539 g/mol. The Morgan fingerprint density at radius 2 is 1.70 bits per heavy atom. The summed E-state index contributed by atoms with van der Waals surface area (Å²) in [5.41, 5.74) is 4.01. The largest absolute Gasteiger partial charge is 0.340 e. The van der Waals surface area contributed by atoms with E-state index in [2.05, 4.69) is 90.5 Å². The number of thioether (sulfide) groups is 1. The minimum atomic E-state index is 0.143. The Morgan fingerprint density at radius 1 is 0.970 bits per heavy atom. The summed E-state index contributed by atoms with van der Waals surface area (Å²) in [6.45, 7) is 6.74. The van der Waals surface area contributed by atoms with Crippen molar-refractivity contribution in [2.24, 2.45) is 0 Å². The fourth-order valence-electron chi connectivity index (χ4n) is 4.23. The second kappa shape index (κ2) is 9.40. The third kappa shape index (κ3) is 5.13. The normalized spacial score (nSPS) is 13.8. The van der Waals surface area contributed by atoms with Crippen molar-refractivity contribution >= 4 is 60.8 Å². The molecule has 3 nitrogen and oxygen atoms in total. The molecule has 0 saturated carbocycles. The zero-order chi connectivity index (χ0) is 23.0. The fourth-order valence-corrected chi connectivity index (χ4v) is 6.52. The zero-order valence-electron chi connectivity index (χ0n) is 19.2. The van der Waals surface area contributed by atoms with Gasteiger partial charge in [0.15, 0.2) is 0 Å². The first kappa shape index (κ1) is 22.9. The number of fused-ring (bicyclic) bond motifs is 3. The van der Waals surface area contributed by atoms with Crippen molar-refractivity contribution in [2.45, 2.75) is 62.5 Å². The highest BCUT2D eigenvalue weighted by Gasteiger charge is 2.21. The van der Waals surface area contributed by atoms with E-state index in [9.17, 15) is 0 Å². The molecule has 0 radical (unpaired) electrons. The van der Waals surface area contributed by atoms with Crippen LogP contribution in [0.3, 0.4) is 0 Å². The van der Waals surface area contributed by atoms with E-state index in [1.807, 2.05) is 11.3 Å². The van der Waals surface area contributed by atoms with Gasteiger partial charge in [0.1, 0.15) is 16.5 Å². The van der Waals surface area contributed by atoms with Crippen LogP contribution in [0.2, 0.25) is 0 Å². The predicted molar refractivity (Wildman–Crippen MR) is 146 cm³/mol. The van der Waals surface area contributed by atoms with Gasteiger partial charge in [0.2, 0.25) is 0 Å². The molecule has 2 heterocycles. The summed E-state index contributed by atoms with van der Waals surface area (Å²) >= 11 is 7.15. The van der Waals surface area contributed by atoms with Gasteiger partial charge in [-0.2, -0.15) is 0 Å². The maximum atomic E-state index is 5.03. The Labute approximate surface area is 212 Å². The third-order valence-electron chi connectivity index (χ3n) is 6.06. The minimum Gasteiger partial charge on any atom is -0.340 e. The fraction of sp³-hybridized carbons (Fsp3) is 0.333. The number of nitrogens with one attached hydrogen (secondary N) is 1.